The zero-order valence-electron chi connectivity index (χ0n) is 7.40. The van der Waals surface area contributed by atoms with E-state index in [2.05, 4.69) is 12.2 Å². The Hall–Kier alpha value is -0.0700. The molecule has 1 fully saturated rings. The van der Waals surface area contributed by atoms with Crippen molar-refractivity contribution in [1.29, 1.82) is 0 Å². The normalized spacial score (nSPS) is 28.1. The van der Waals surface area contributed by atoms with Gasteiger partial charge in [0, 0.05) is 0 Å². The van der Waals surface area contributed by atoms with E-state index < -0.39 is 7.81 Å². The van der Waals surface area contributed by atoms with E-state index in [1.54, 1.807) is 0 Å². The van der Waals surface area contributed by atoms with Crippen LogP contribution in [0.25, 0.3) is 0 Å². The molecule has 2 nitrogen and oxygen atoms in total. The van der Waals surface area contributed by atoms with Crippen LogP contribution in [0.1, 0.15) is 6.92 Å². The number of quaternary nitrogens is 1. The van der Waals surface area contributed by atoms with Crippen molar-refractivity contribution >= 4 is 7.81 Å². The first-order valence-corrected chi connectivity index (χ1v) is 5.87. The summed E-state index contributed by atoms with van der Waals surface area (Å²) in [5.74, 6) is 0. The second kappa shape index (κ2) is 3.50. The van der Waals surface area contributed by atoms with Crippen molar-refractivity contribution in [1.82, 2.24) is 0 Å². The minimum absolute atomic E-state index is 0.480. The van der Waals surface area contributed by atoms with E-state index in [1.165, 1.54) is 0 Å². The van der Waals surface area contributed by atoms with E-state index in [-0.39, 0.29) is 0 Å². The molecule has 0 aliphatic carbocycles. The molecule has 0 bridgehead atoms. The Morgan fingerprint density at radius 1 is 1.14 bits per heavy atom. The van der Waals surface area contributed by atoms with Gasteiger partial charge in [-0.05, 0) is 6.92 Å². The third-order valence-corrected chi connectivity index (χ3v) is 1.22. The Bertz CT molecular complexity index is 170. The van der Waals surface area contributed by atoms with Crippen LogP contribution in [0.2, 0.25) is 0 Å². The number of hydrogen-bond acceptors (Lipinski definition) is 1. The van der Waals surface area contributed by atoms with Gasteiger partial charge < -0.3 is 10.1 Å². The van der Waals surface area contributed by atoms with Crippen LogP contribution in [0, 0.1) is 0 Å². The van der Waals surface area contributed by atoms with Gasteiger partial charge in [-0.2, -0.15) is 0 Å². The average Bonchev–Trinajstić information content (AvgIpc) is 1.81. The molecule has 14 heavy (non-hydrogen) atoms. The molecule has 0 aromatic heterocycles. The third kappa shape index (κ3) is 22.7. The van der Waals surface area contributed by atoms with Gasteiger partial charge in [-0.1, -0.05) is 0 Å². The molecule has 2 N–H and O–H groups in total. The molecule has 0 aromatic carbocycles. The number of halogens is 6. The predicted molar refractivity (Wildman–Crippen MR) is 40.6 cm³/mol. The van der Waals surface area contributed by atoms with Gasteiger partial charge in [0.25, 0.3) is 0 Å². The van der Waals surface area contributed by atoms with Gasteiger partial charge in [-0.3, -0.25) is 0 Å². The fourth-order valence-electron chi connectivity index (χ4n) is 0.773. The van der Waals surface area contributed by atoms with Crippen molar-refractivity contribution in [2.75, 3.05) is 19.7 Å². The Morgan fingerprint density at radius 2 is 1.57 bits per heavy atom. The summed E-state index contributed by atoms with van der Waals surface area (Å²) in [6.07, 6.45) is 0.480. The van der Waals surface area contributed by atoms with Gasteiger partial charge in [0.2, 0.25) is 0 Å². The maximum absolute atomic E-state index is 10.7. The van der Waals surface area contributed by atoms with Gasteiger partial charge in [-0.15, -0.1) is 0 Å². The van der Waals surface area contributed by atoms with Gasteiger partial charge in [0.15, 0.2) is 0 Å². The van der Waals surface area contributed by atoms with Crippen molar-refractivity contribution in [2.45, 2.75) is 13.0 Å². The molecule has 9 heteroatoms. The first-order valence-electron chi connectivity index (χ1n) is 3.84. The van der Waals surface area contributed by atoms with Gasteiger partial charge in [-0.25, -0.2) is 0 Å². The second-order valence-electron chi connectivity index (χ2n) is 2.95. The Labute approximate surface area is 76.8 Å². The van der Waals surface area contributed by atoms with Crippen LogP contribution in [0.15, 0.2) is 0 Å². The first kappa shape index (κ1) is 13.9. The predicted octanol–water partition coefficient (Wildman–Crippen LogP) is 2.35. The molecule has 0 radical (unpaired) electrons. The summed E-state index contributed by atoms with van der Waals surface area (Å²) in [6.45, 7) is 5.32. The summed E-state index contributed by atoms with van der Waals surface area (Å²) in [7, 11) is -10.7. The van der Waals surface area contributed by atoms with E-state index in [0.29, 0.717) is 6.10 Å². The van der Waals surface area contributed by atoms with E-state index in [4.69, 9.17) is 4.74 Å². The first-order chi connectivity index (χ1) is 5.84. The fourth-order valence-corrected chi connectivity index (χ4v) is 0.773. The summed E-state index contributed by atoms with van der Waals surface area (Å²) >= 11 is 0. The van der Waals surface area contributed by atoms with Crippen LogP contribution < -0.4 is 5.32 Å². The van der Waals surface area contributed by atoms with E-state index >= 15 is 0 Å². The monoisotopic (exact) mass is 247 g/mol. The topological polar surface area (TPSA) is 25.8 Å². The van der Waals surface area contributed by atoms with Gasteiger partial charge in [0.1, 0.15) is 12.6 Å². The molecule has 1 aliphatic heterocycles. The van der Waals surface area contributed by atoms with E-state index in [0.717, 1.165) is 19.7 Å². The van der Waals surface area contributed by atoms with Crippen molar-refractivity contribution < 1.29 is 35.2 Å². The summed E-state index contributed by atoms with van der Waals surface area (Å²) < 4.78 is 64.4. The number of hydrogen-bond donors (Lipinski definition) is 1. The van der Waals surface area contributed by atoms with Crippen LogP contribution in [0.3, 0.4) is 0 Å². The van der Waals surface area contributed by atoms with Crippen LogP contribution in [-0.2, 0) is 4.74 Å². The molecule has 0 spiro atoms. The van der Waals surface area contributed by atoms with Crippen molar-refractivity contribution in [3.8, 4) is 0 Å². The van der Waals surface area contributed by atoms with Crippen LogP contribution >= 0.6 is 7.81 Å². The molecule has 1 unspecified atom stereocenters. The number of morpholine rings is 1. The number of nitrogens with two attached hydrogens (primary N) is 1. The molecule has 90 valence electrons. The quantitative estimate of drug-likeness (QED) is 0.516. The second-order valence-corrected chi connectivity index (χ2v) is 4.87. The SMILES string of the molecule is CC1C[NH2+]CCO1.F[P-](F)(F)(F)(F)F. The number of rotatable bonds is 0. The van der Waals surface area contributed by atoms with Crippen molar-refractivity contribution in [3.05, 3.63) is 0 Å². The average molecular weight is 247 g/mol. The van der Waals surface area contributed by atoms with E-state index in [1.807, 2.05) is 0 Å². The third-order valence-electron chi connectivity index (χ3n) is 1.22. The summed E-state index contributed by atoms with van der Waals surface area (Å²) in [6, 6.07) is 0. The molecule has 1 rings (SSSR count). The Balaban J connectivity index is 0.000000241. The molecule has 0 amide bonds. The molecule has 1 saturated heterocycles. The molecule has 1 atom stereocenters. The van der Waals surface area contributed by atoms with Gasteiger partial charge in [0.05, 0.1) is 13.2 Å². The van der Waals surface area contributed by atoms with Gasteiger partial charge >= 0.3 is 33.0 Å². The standard InChI is InChI=1S/C5H11NO.F6P/c1-5-4-6-2-3-7-5;1-7(2,3,4,5)6/h5-6H,2-4H2,1H3;/q;-1/p+1. The van der Waals surface area contributed by atoms with Crippen molar-refractivity contribution in [2.24, 2.45) is 0 Å². The van der Waals surface area contributed by atoms with E-state index in [9.17, 15) is 25.2 Å². The molecule has 1 heterocycles. The summed E-state index contributed by atoms with van der Waals surface area (Å²) in [5.41, 5.74) is 0. The molecular formula is C5H12F6NOP. The fraction of sp³-hybridized carbons (Fsp3) is 1.00. The van der Waals surface area contributed by atoms with Crippen LogP contribution in [0.5, 0.6) is 0 Å². The molecule has 1 aliphatic rings. The zero-order chi connectivity index (χ0) is 11.5. The van der Waals surface area contributed by atoms with Crippen molar-refractivity contribution in [3.63, 3.8) is 0 Å². The summed E-state index contributed by atoms with van der Waals surface area (Å²) in [4.78, 5) is 0. The summed E-state index contributed by atoms with van der Waals surface area (Å²) in [5, 5.41) is 2.29. The molecular weight excluding hydrogens is 235 g/mol. The Kier molecular flexibility index (Phi) is 3.48. The zero-order valence-corrected chi connectivity index (χ0v) is 8.29. The van der Waals surface area contributed by atoms with Crippen LogP contribution in [0.4, 0.5) is 25.2 Å². The van der Waals surface area contributed by atoms with Crippen LogP contribution in [-0.4, -0.2) is 25.8 Å². The number of ether oxygens (including phenoxy) is 1. The molecule has 0 aromatic rings. The minimum atomic E-state index is -10.7. The Morgan fingerprint density at radius 3 is 1.71 bits per heavy atom. The molecule has 0 saturated carbocycles. The maximum atomic E-state index is 9.87.